The number of hydrogen-bond acceptors (Lipinski definition) is 3. The molecule has 0 atom stereocenters. The van der Waals surface area contributed by atoms with Crippen molar-refractivity contribution < 1.29 is 4.79 Å². The molecule has 0 amide bonds. The summed E-state index contributed by atoms with van der Waals surface area (Å²) < 4.78 is 0. The molecule has 1 heterocycles. The van der Waals surface area contributed by atoms with Gasteiger partial charge >= 0.3 is 0 Å². The van der Waals surface area contributed by atoms with Crippen LogP contribution in [0.2, 0.25) is 0 Å². The zero-order valence-corrected chi connectivity index (χ0v) is 6.37. The Balaban J connectivity index is 2.57. The average Bonchev–Trinajstić information content (AvgIpc) is 2.63. The van der Waals surface area contributed by atoms with Crippen LogP contribution in [0.15, 0.2) is 11.9 Å². The first-order valence-electron chi connectivity index (χ1n) is 3.33. The molecule has 0 spiro atoms. The fourth-order valence-corrected chi connectivity index (χ4v) is 0.877. The van der Waals surface area contributed by atoms with Gasteiger partial charge in [0.25, 0.3) is 0 Å². The fourth-order valence-electron chi connectivity index (χ4n) is 0.877. The zero-order valence-electron chi connectivity index (χ0n) is 6.37. The second-order valence-electron chi connectivity index (χ2n) is 2.54. The summed E-state index contributed by atoms with van der Waals surface area (Å²) >= 11 is 0. The molecular weight excluding hydrogens is 128 g/mol. The van der Waals surface area contributed by atoms with Crippen LogP contribution in [0.1, 0.15) is 0 Å². The van der Waals surface area contributed by atoms with E-state index in [4.69, 9.17) is 0 Å². The Labute approximate surface area is 60.9 Å². The van der Waals surface area contributed by atoms with Gasteiger partial charge in [-0.1, -0.05) is 0 Å². The minimum absolute atomic E-state index is 0.827. The van der Waals surface area contributed by atoms with Gasteiger partial charge in [-0.15, -0.1) is 0 Å². The third kappa shape index (κ3) is 1.50. The summed E-state index contributed by atoms with van der Waals surface area (Å²) in [5.74, 6) is 1.01. The molecule has 1 saturated heterocycles. The lowest BCUT2D eigenvalue weighted by Gasteiger charge is -2.16. The predicted molar refractivity (Wildman–Crippen MR) is 39.4 cm³/mol. The normalized spacial score (nSPS) is 17.0. The molecule has 1 fully saturated rings. The molecule has 0 N–H and O–H groups in total. The van der Waals surface area contributed by atoms with Gasteiger partial charge in [0.2, 0.25) is 0 Å². The average molecular weight is 140 g/mol. The van der Waals surface area contributed by atoms with Crippen molar-refractivity contribution in [3.05, 3.63) is 11.9 Å². The van der Waals surface area contributed by atoms with E-state index in [1.165, 1.54) is 0 Å². The van der Waals surface area contributed by atoms with E-state index >= 15 is 0 Å². The SMILES string of the molecule is CN(C)/C(=C/C=O)N1CC1. The fraction of sp³-hybridized carbons (Fsp3) is 0.571. The number of rotatable bonds is 3. The summed E-state index contributed by atoms with van der Waals surface area (Å²) in [7, 11) is 3.88. The quantitative estimate of drug-likeness (QED) is 0.311. The van der Waals surface area contributed by atoms with E-state index in [1.54, 1.807) is 6.08 Å². The summed E-state index contributed by atoms with van der Waals surface area (Å²) in [5.41, 5.74) is 0. The van der Waals surface area contributed by atoms with E-state index in [0.717, 1.165) is 25.2 Å². The van der Waals surface area contributed by atoms with Crippen LogP contribution in [-0.2, 0) is 4.79 Å². The zero-order chi connectivity index (χ0) is 7.56. The number of carbonyl (C=O) groups excluding carboxylic acids is 1. The second kappa shape index (κ2) is 2.73. The lowest BCUT2D eigenvalue weighted by molar-refractivity contribution is -0.104. The van der Waals surface area contributed by atoms with Crippen LogP contribution in [0, 0.1) is 0 Å². The highest BCUT2D eigenvalue weighted by atomic mass is 16.1. The van der Waals surface area contributed by atoms with Gasteiger partial charge in [-0.05, 0) is 0 Å². The maximum absolute atomic E-state index is 10.1. The van der Waals surface area contributed by atoms with Gasteiger partial charge in [0, 0.05) is 33.3 Å². The molecular formula is C7H12N2O. The lowest BCUT2D eigenvalue weighted by atomic mass is 10.5. The first-order chi connectivity index (χ1) is 4.75. The summed E-state index contributed by atoms with van der Waals surface area (Å²) in [6.07, 6.45) is 2.42. The van der Waals surface area contributed by atoms with Gasteiger partial charge in [0.1, 0.15) is 12.1 Å². The van der Waals surface area contributed by atoms with Crippen molar-refractivity contribution in [3.63, 3.8) is 0 Å². The number of aldehydes is 1. The van der Waals surface area contributed by atoms with Crippen molar-refractivity contribution in [3.8, 4) is 0 Å². The van der Waals surface area contributed by atoms with Gasteiger partial charge in [-0.2, -0.15) is 0 Å². The molecule has 56 valence electrons. The Morgan fingerprint density at radius 3 is 2.40 bits per heavy atom. The molecule has 3 nitrogen and oxygen atoms in total. The highest BCUT2D eigenvalue weighted by molar-refractivity contribution is 5.65. The molecule has 10 heavy (non-hydrogen) atoms. The van der Waals surface area contributed by atoms with Crippen LogP contribution >= 0.6 is 0 Å². The Kier molecular flexibility index (Phi) is 1.94. The maximum atomic E-state index is 10.1. The van der Waals surface area contributed by atoms with E-state index in [-0.39, 0.29) is 0 Å². The van der Waals surface area contributed by atoms with Crippen LogP contribution in [0.5, 0.6) is 0 Å². The number of allylic oxidation sites excluding steroid dienone is 1. The molecule has 0 bridgehead atoms. The van der Waals surface area contributed by atoms with Crippen molar-refractivity contribution in [2.45, 2.75) is 0 Å². The molecule has 0 saturated carbocycles. The minimum atomic E-state index is 0.827. The van der Waals surface area contributed by atoms with Gasteiger partial charge in [-0.25, -0.2) is 0 Å². The first kappa shape index (κ1) is 7.12. The lowest BCUT2D eigenvalue weighted by Crippen LogP contribution is -2.17. The van der Waals surface area contributed by atoms with Crippen LogP contribution in [-0.4, -0.2) is 43.3 Å². The Bertz CT molecular complexity index is 155. The van der Waals surface area contributed by atoms with Crippen molar-refractivity contribution in [1.82, 2.24) is 9.80 Å². The molecule has 3 heteroatoms. The van der Waals surface area contributed by atoms with E-state index < -0.39 is 0 Å². The molecule has 1 aliphatic rings. The van der Waals surface area contributed by atoms with E-state index in [0.29, 0.717) is 0 Å². The Morgan fingerprint density at radius 2 is 2.10 bits per heavy atom. The molecule has 0 aromatic carbocycles. The molecule has 0 aromatic heterocycles. The number of carbonyl (C=O) groups is 1. The summed E-state index contributed by atoms with van der Waals surface area (Å²) in [6, 6.07) is 0. The Morgan fingerprint density at radius 1 is 1.50 bits per heavy atom. The molecule has 1 rings (SSSR count). The van der Waals surface area contributed by atoms with Gasteiger partial charge < -0.3 is 9.80 Å². The van der Waals surface area contributed by atoms with E-state index in [9.17, 15) is 4.79 Å². The van der Waals surface area contributed by atoms with Crippen molar-refractivity contribution in [2.75, 3.05) is 27.2 Å². The number of hydrogen-bond donors (Lipinski definition) is 0. The maximum Gasteiger partial charge on any atom is 0.146 e. The van der Waals surface area contributed by atoms with Gasteiger partial charge in [0.05, 0.1) is 0 Å². The molecule has 0 aromatic rings. The standard InChI is InChI=1S/C7H12N2O/c1-8(2)7(3-6-10)9-4-5-9/h3,6H,4-5H2,1-2H3/b7-3-. The minimum Gasteiger partial charge on any atom is -0.364 e. The summed E-state index contributed by atoms with van der Waals surface area (Å²) in [6.45, 7) is 2.16. The monoisotopic (exact) mass is 140 g/mol. The molecule has 0 unspecified atom stereocenters. The second-order valence-corrected chi connectivity index (χ2v) is 2.54. The van der Waals surface area contributed by atoms with Gasteiger partial charge in [0.15, 0.2) is 0 Å². The predicted octanol–water partition coefficient (Wildman–Crippen LogP) is -0.0961. The van der Waals surface area contributed by atoms with Crippen LogP contribution in [0.4, 0.5) is 0 Å². The number of nitrogens with zero attached hydrogens (tertiary/aromatic N) is 2. The smallest absolute Gasteiger partial charge is 0.146 e. The van der Waals surface area contributed by atoms with E-state index in [2.05, 4.69) is 4.90 Å². The van der Waals surface area contributed by atoms with Gasteiger partial charge in [-0.3, -0.25) is 4.79 Å². The summed E-state index contributed by atoms with van der Waals surface area (Å²) in [4.78, 5) is 14.2. The van der Waals surface area contributed by atoms with Crippen molar-refractivity contribution >= 4 is 6.29 Å². The highest BCUT2D eigenvalue weighted by Crippen LogP contribution is 2.14. The molecule has 1 aliphatic heterocycles. The third-order valence-corrected chi connectivity index (χ3v) is 1.45. The van der Waals surface area contributed by atoms with Crippen molar-refractivity contribution in [1.29, 1.82) is 0 Å². The Hall–Kier alpha value is -0.990. The topological polar surface area (TPSA) is 23.3 Å². The molecule has 0 radical (unpaired) electrons. The van der Waals surface area contributed by atoms with Crippen molar-refractivity contribution in [2.24, 2.45) is 0 Å². The van der Waals surface area contributed by atoms with E-state index in [1.807, 2.05) is 19.0 Å². The largest absolute Gasteiger partial charge is 0.364 e. The van der Waals surface area contributed by atoms with Crippen LogP contribution in [0.25, 0.3) is 0 Å². The van der Waals surface area contributed by atoms with Crippen LogP contribution in [0.3, 0.4) is 0 Å². The molecule has 0 aliphatic carbocycles. The van der Waals surface area contributed by atoms with Crippen LogP contribution < -0.4 is 0 Å². The first-order valence-corrected chi connectivity index (χ1v) is 3.33. The third-order valence-electron chi connectivity index (χ3n) is 1.45. The summed E-state index contributed by atoms with van der Waals surface area (Å²) in [5, 5.41) is 0. The highest BCUT2D eigenvalue weighted by Gasteiger charge is 2.21.